The third-order valence-corrected chi connectivity index (χ3v) is 4.27. The smallest absolute Gasteiger partial charge is 0 e. The molecule has 0 saturated carbocycles. The topological polar surface area (TPSA) is 3.24 Å². The third kappa shape index (κ3) is 9.32. The molecule has 4 aromatic carbocycles. The minimum absolute atomic E-state index is 0. The van der Waals surface area contributed by atoms with E-state index in [1.54, 1.807) is 0 Å². The molecule has 30 heavy (non-hydrogen) atoms. The molecule has 0 saturated heterocycles. The van der Waals surface area contributed by atoms with E-state index in [2.05, 4.69) is 122 Å². The SMILES string of the molecule is CN(C)C[C-](c1ccccc1)c1ccccc1.[Cl-].[Cl-].[Cl-].[Hf].c1ccc2[cH-]ccc2c1. The van der Waals surface area contributed by atoms with Gasteiger partial charge in [-0.15, -0.1) is 65.0 Å². The minimum Gasteiger partial charge on any atom is -1.00 e. The number of halogens is 3. The number of rotatable bonds is 4. The second kappa shape index (κ2) is 16.5. The molecule has 1 nitrogen and oxygen atoms in total. The minimum atomic E-state index is 0. The molecule has 0 aliphatic rings. The van der Waals surface area contributed by atoms with Crippen LogP contribution in [-0.2, 0) is 25.8 Å². The normalized spacial score (nSPS) is 9.03. The van der Waals surface area contributed by atoms with E-state index in [9.17, 15) is 0 Å². The first kappa shape index (κ1) is 31.0. The third-order valence-electron chi connectivity index (χ3n) is 4.27. The van der Waals surface area contributed by atoms with Gasteiger partial charge in [0.15, 0.2) is 0 Å². The Hall–Kier alpha value is -1.16. The van der Waals surface area contributed by atoms with Gasteiger partial charge in [-0.05, 0) is 20.6 Å². The molecule has 0 fully saturated rings. The van der Waals surface area contributed by atoms with E-state index in [0.717, 1.165) is 6.54 Å². The van der Waals surface area contributed by atoms with E-state index in [4.69, 9.17) is 0 Å². The summed E-state index contributed by atoms with van der Waals surface area (Å²) < 4.78 is 0. The average Bonchev–Trinajstić information content (AvgIpc) is 3.17. The van der Waals surface area contributed by atoms with Gasteiger partial charge >= 0.3 is 0 Å². The molecule has 0 unspecified atom stereocenters. The molecule has 4 rings (SSSR count). The van der Waals surface area contributed by atoms with Crippen LogP contribution in [0.25, 0.3) is 10.8 Å². The summed E-state index contributed by atoms with van der Waals surface area (Å²) in [5.41, 5.74) is 2.60. The number of benzene rings is 3. The van der Waals surface area contributed by atoms with E-state index in [-0.39, 0.29) is 63.1 Å². The van der Waals surface area contributed by atoms with Crippen LogP contribution in [0.15, 0.2) is 103 Å². The van der Waals surface area contributed by atoms with Crippen LogP contribution in [0.5, 0.6) is 0 Å². The van der Waals surface area contributed by atoms with Crippen molar-refractivity contribution in [1.82, 2.24) is 4.90 Å². The first-order valence-corrected chi connectivity index (χ1v) is 8.96. The Balaban J connectivity index is 0. The molecule has 0 atom stereocenters. The quantitative estimate of drug-likeness (QED) is 0.171. The van der Waals surface area contributed by atoms with E-state index in [1.165, 1.54) is 27.8 Å². The Morgan fingerprint density at radius 2 is 1.13 bits per heavy atom. The largest absolute Gasteiger partial charge is 1.00 e. The van der Waals surface area contributed by atoms with Crippen molar-refractivity contribution >= 4 is 10.8 Å². The maximum atomic E-state index is 2.20. The molecule has 160 valence electrons. The summed E-state index contributed by atoms with van der Waals surface area (Å²) >= 11 is 0. The predicted octanol–water partition coefficient (Wildman–Crippen LogP) is -3.21. The number of fused-ring (bicyclic) bond motifs is 1. The standard InChI is InChI=1S/C16H18N.C9H7.3ClH.Hf/c1-17(2)13-16(14-9-5-3-6-10-14)15-11-7-4-8-12-15;1-2-5-9-7-3-6-8(9)4-1;;;;/h3-12H,13H2,1-2H3;1-7H;3*1H;/q2*-1;;;;/p-3. The Labute approximate surface area is 218 Å². The van der Waals surface area contributed by atoms with Crippen LogP contribution in [-0.4, -0.2) is 25.5 Å². The van der Waals surface area contributed by atoms with Gasteiger partial charge in [0.25, 0.3) is 0 Å². The molecule has 0 bridgehead atoms. The number of hydrogen-bond donors (Lipinski definition) is 0. The zero-order valence-electron chi connectivity index (χ0n) is 17.1. The summed E-state index contributed by atoms with van der Waals surface area (Å²) in [5.74, 6) is 1.37. The molecule has 0 spiro atoms. The summed E-state index contributed by atoms with van der Waals surface area (Å²) in [5, 5.41) is 2.66. The van der Waals surface area contributed by atoms with Crippen molar-refractivity contribution in [3.8, 4) is 0 Å². The van der Waals surface area contributed by atoms with Crippen molar-refractivity contribution in [1.29, 1.82) is 0 Å². The van der Waals surface area contributed by atoms with Gasteiger partial charge in [-0.1, -0.05) is 48.4 Å². The first-order chi connectivity index (χ1) is 12.7. The van der Waals surface area contributed by atoms with Gasteiger partial charge in [-0.3, -0.25) is 0 Å². The fraction of sp³-hybridized carbons (Fsp3) is 0.120. The van der Waals surface area contributed by atoms with Gasteiger partial charge in [0.1, 0.15) is 0 Å². The van der Waals surface area contributed by atoms with Crippen molar-refractivity contribution < 1.29 is 63.1 Å². The van der Waals surface area contributed by atoms with Gasteiger partial charge < -0.3 is 42.1 Å². The van der Waals surface area contributed by atoms with Gasteiger partial charge in [-0.2, -0.15) is 17.5 Å². The summed E-state index contributed by atoms with van der Waals surface area (Å²) in [6, 6.07) is 35.8. The maximum Gasteiger partial charge on any atom is 0 e. The van der Waals surface area contributed by atoms with Crippen LogP contribution in [0, 0.1) is 5.92 Å². The van der Waals surface area contributed by atoms with E-state index >= 15 is 0 Å². The van der Waals surface area contributed by atoms with Crippen molar-refractivity contribution in [3.05, 3.63) is 120 Å². The second-order valence-electron chi connectivity index (χ2n) is 6.60. The van der Waals surface area contributed by atoms with Gasteiger partial charge in [0, 0.05) is 25.8 Å². The molecule has 0 aliphatic carbocycles. The van der Waals surface area contributed by atoms with Crippen molar-refractivity contribution in [3.63, 3.8) is 0 Å². The van der Waals surface area contributed by atoms with Crippen molar-refractivity contribution in [2.24, 2.45) is 0 Å². The van der Waals surface area contributed by atoms with Crippen LogP contribution in [0.2, 0.25) is 0 Å². The first-order valence-electron chi connectivity index (χ1n) is 8.96. The summed E-state index contributed by atoms with van der Waals surface area (Å²) in [6.07, 6.45) is 0. The molecular weight excluding hydrogens is 599 g/mol. The van der Waals surface area contributed by atoms with Crippen molar-refractivity contribution in [2.75, 3.05) is 20.6 Å². The Morgan fingerprint density at radius 3 is 1.60 bits per heavy atom. The summed E-state index contributed by atoms with van der Waals surface area (Å²) in [7, 11) is 4.21. The zero-order valence-corrected chi connectivity index (χ0v) is 23.0. The Morgan fingerprint density at radius 1 is 0.667 bits per heavy atom. The molecule has 0 heterocycles. The fourth-order valence-electron chi connectivity index (χ4n) is 3.01. The Kier molecular flexibility index (Phi) is 17.1. The van der Waals surface area contributed by atoms with E-state index < -0.39 is 0 Å². The maximum absolute atomic E-state index is 2.20. The Bertz CT molecular complexity index is 842. The summed E-state index contributed by atoms with van der Waals surface area (Å²) in [4.78, 5) is 2.20. The molecule has 4 aromatic rings. The van der Waals surface area contributed by atoms with Gasteiger partial charge in [0.05, 0.1) is 0 Å². The van der Waals surface area contributed by atoms with Crippen LogP contribution in [0.4, 0.5) is 0 Å². The van der Waals surface area contributed by atoms with E-state index in [1.807, 2.05) is 0 Å². The van der Waals surface area contributed by atoms with Crippen LogP contribution < -0.4 is 37.2 Å². The number of nitrogens with zero attached hydrogens (tertiary/aromatic N) is 1. The molecule has 0 radical (unpaired) electrons. The zero-order chi connectivity index (χ0) is 18.2. The summed E-state index contributed by atoms with van der Waals surface area (Å²) in [6.45, 7) is 0.952. The van der Waals surface area contributed by atoms with E-state index in [0.29, 0.717) is 0 Å². The molecule has 0 aromatic heterocycles. The average molecular weight is 624 g/mol. The number of hydrogen-bond acceptors (Lipinski definition) is 1. The van der Waals surface area contributed by atoms with Gasteiger partial charge in [0.2, 0.25) is 0 Å². The molecule has 0 amide bonds. The fourth-order valence-corrected chi connectivity index (χ4v) is 3.01. The molecule has 0 N–H and O–H groups in total. The van der Waals surface area contributed by atoms with Crippen LogP contribution in [0.3, 0.4) is 0 Å². The van der Waals surface area contributed by atoms with Crippen LogP contribution >= 0.6 is 0 Å². The molecular formula is C25H25Cl3HfN-5. The predicted molar refractivity (Wildman–Crippen MR) is 112 cm³/mol. The van der Waals surface area contributed by atoms with Gasteiger partial charge in [-0.25, -0.2) is 0 Å². The monoisotopic (exact) mass is 624 g/mol. The number of likely N-dealkylation sites (N-methyl/N-ethyl adjacent to an activating group) is 1. The molecule has 5 heteroatoms. The molecule has 0 aliphatic heterocycles. The van der Waals surface area contributed by atoms with Crippen LogP contribution in [0.1, 0.15) is 11.1 Å². The second-order valence-corrected chi connectivity index (χ2v) is 6.60. The van der Waals surface area contributed by atoms with Crippen molar-refractivity contribution in [2.45, 2.75) is 0 Å².